The minimum absolute atomic E-state index is 0.0401. The predicted octanol–water partition coefficient (Wildman–Crippen LogP) is 4.46. The van der Waals surface area contributed by atoms with E-state index in [2.05, 4.69) is 42.3 Å². The standard InChI is InChI=1S/C19H18BrN5O/c1-10-13(9-21)6-5-7-14(10)11(2)22-17-15-8-16(20)19(26-4)25-18(15)24-12(3)23-17/h5-8,11H,1-4H3,(H,22,23,24,25). The number of hydrogen-bond acceptors (Lipinski definition) is 6. The average Bonchev–Trinajstić information content (AvgIpc) is 2.61. The summed E-state index contributed by atoms with van der Waals surface area (Å²) in [5.41, 5.74) is 3.25. The van der Waals surface area contributed by atoms with Crippen molar-refractivity contribution in [1.82, 2.24) is 15.0 Å². The number of anilines is 1. The Bertz CT molecular complexity index is 1030. The molecule has 0 bridgehead atoms. The molecule has 0 spiro atoms. The number of aromatic nitrogens is 3. The molecule has 7 heteroatoms. The van der Waals surface area contributed by atoms with E-state index in [4.69, 9.17) is 4.74 Å². The molecule has 132 valence electrons. The van der Waals surface area contributed by atoms with Crippen LogP contribution in [0, 0.1) is 25.2 Å². The lowest BCUT2D eigenvalue weighted by molar-refractivity contribution is 0.396. The Hall–Kier alpha value is -2.72. The Balaban J connectivity index is 2.06. The third-order valence-corrected chi connectivity index (χ3v) is 4.80. The van der Waals surface area contributed by atoms with Gasteiger partial charge in [0.2, 0.25) is 5.88 Å². The molecule has 3 aromatic rings. The minimum Gasteiger partial charge on any atom is -0.480 e. The fraction of sp³-hybridized carbons (Fsp3) is 0.263. The maximum atomic E-state index is 9.26. The van der Waals surface area contributed by atoms with Gasteiger partial charge in [-0.3, -0.25) is 0 Å². The third-order valence-electron chi connectivity index (χ3n) is 4.23. The summed E-state index contributed by atoms with van der Waals surface area (Å²) in [4.78, 5) is 13.4. The molecule has 1 aromatic carbocycles. The number of rotatable bonds is 4. The molecule has 26 heavy (non-hydrogen) atoms. The van der Waals surface area contributed by atoms with Crippen LogP contribution >= 0.6 is 15.9 Å². The van der Waals surface area contributed by atoms with Crippen LogP contribution in [0.2, 0.25) is 0 Å². The smallest absolute Gasteiger partial charge is 0.229 e. The van der Waals surface area contributed by atoms with Crippen molar-refractivity contribution in [3.05, 3.63) is 51.3 Å². The van der Waals surface area contributed by atoms with Gasteiger partial charge in [-0.15, -0.1) is 0 Å². The average molecular weight is 412 g/mol. The number of methoxy groups -OCH3 is 1. The van der Waals surface area contributed by atoms with Crippen LogP contribution in [0.4, 0.5) is 5.82 Å². The topological polar surface area (TPSA) is 83.7 Å². The first-order valence-electron chi connectivity index (χ1n) is 8.09. The van der Waals surface area contributed by atoms with Crippen LogP contribution in [0.3, 0.4) is 0 Å². The zero-order valence-electron chi connectivity index (χ0n) is 15.0. The minimum atomic E-state index is -0.0401. The molecule has 0 amide bonds. The van der Waals surface area contributed by atoms with Gasteiger partial charge in [0.15, 0.2) is 5.65 Å². The largest absolute Gasteiger partial charge is 0.480 e. The number of nitriles is 1. The normalized spacial score (nSPS) is 11.8. The van der Waals surface area contributed by atoms with Crippen molar-refractivity contribution in [2.45, 2.75) is 26.8 Å². The van der Waals surface area contributed by atoms with E-state index in [1.54, 1.807) is 7.11 Å². The monoisotopic (exact) mass is 411 g/mol. The lowest BCUT2D eigenvalue weighted by atomic mass is 9.98. The van der Waals surface area contributed by atoms with Gasteiger partial charge in [-0.05, 0) is 60.0 Å². The Labute approximate surface area is 160 Å². The van der Waals surface area contributed by atoms with Gasteiger partial charge in [-0.25, -0.2) is 9.97 Å². The Morgan fingerprint density at radius 3 is 2.69 bits per heavy atom. The number of pyridine rings is 1. The molecule has 0 saturated heterocycles. The van der Waals surface area contributed by atoms with Gasteiger partial charge < -0.3 is 10.1 Å². The SMILES string of the molecule is COc1nc2nc(C)nc(NC(C)c3cccc(C#N)c3C)c2cc1Br. The molecule has 2 heterocycles. The van der Waals surface area contributed by atoms with E-state index in [-0.39, 0.29) is 6.04 Å². The number of nitrogens with zero attached hydrogens (tertiary/aromatic N) is 4. The molecule has 2 aromatic heterocycles. The van der Waals surface area contributed by atoms with Crippen molar-refractivity contribution in [1.29, 1.82) is 5.26 Å². The highest BCUT2D eigenvalue weighted by Gasteiger charge is 2.16. The van der Waals surface area contributed by atoms with E-state index >= 15 is 0 Å². The van der Waals surface area contributed by atoms with E-state index in [1.165, 1.54) is 0 Å². The summed E-state index contributed by atoms with van der Waals surface area (Å²) in [6, 6.07) is 9.82. The second-order valence-electron chi connectivity index (χ2n) is 5.97. The Morgan fingerprint density at radius 2 is 2.00 bits per heavy atom. The first-order valence-corrected chi connectivity index (χ1v) is 8.89. The molecule has 3 rings (SSSR count). The number of aryl methyl sites for hydroxylation is 1. The summed E-state index contributed by atoms with van der Waals surface area (Å²) >= 11 is 3.47. The van der Waals surface area contributed by atoms with Gasteiger partial charge in [0.05, 0.1) is 34.6 Å². The maximum Gasteiger partial charge on any atom is 0.229 e. The molecule has 0 radical (unpaired) electrons. The van der Waals surface area contributed by atoms with Crippen LogP contribution in [0.1, 0.15) is 35.5 Å². The molecule has 0 aliphatic carbocycles. The number of benzene rings is 1. The lowest BCUT2D eigenvalue weighted by Crippen LogP contribution is -2.11. The molecule has 6 nitrogen and oxygen atoms in total. The summed E-state index contributed by atoms with van der Waals surface area (Å²) in [6.07, 6.45) is 0. The van der Waals surface area contributed by atoms with Crippen LogP contribution < -0.4 is 10.1 Å². The van der Waals surface area contributed by atoms with Crippen molar-refractivity contribution in [3.8, 4) is 11.9 Å². The summed E-state index contributed by atoms with van der Waals surface area (Å²) in [5.74, 6) is 1.79. The van der Waals surface area contributed by atoms with Crippen LogP contribution in [0.15, 0.2) is 28.7 Å². The maximum absolute atomic E-state index is 9.26. The van der Waals surface area contributed by atoms with Crippen LogP contribution in [0.5, 0.6) is 5.88 Å². The highest BCUT2D eigenvalue weighted by molar-refractivity contribution is 9.10. The summed E-state index contributed by atoms with van der Waals surface area (Å²) in [7, 11) is 1.57. The molecular weight excluding hydrogens is 394 g/mol. The summed E-state index contributed by atoms with van der Waals surface area (Å²) < 4.78 is 5.99. The van der Waals surface area contributed by atoms with Gasteiger partial charge in [-0.1, -0.05) is 12.1 Å². The predicted molar refractivity (Wildman–Crippen MR) is 104 cm³/mol. The number of nitrogens with one attached hydrogen (secondary N) is 1. The molecule has 0 fully saturated rings. The van der Waals surface area contributed by atoms with Gasteiger partial charge in [-0.2, -0.15) is 10.2 Å². The fourth-order valence-electron chi connectivity index (χ4n) is 2.90. The highest BCUT2D eigenvalue weighted by atomic mass is 79.9. The molecule has 1 N–H and O–H groups in total. The van der Waals surface area contributed by atoms with Crippen molar-refractivity contribution >= 4 is 32.8 Å². The lowest BCUT2D eigenvalue weighted by Gasteiger charge is -2.19. The number of fused-ring (bicyclic) bond motifs is 1. The van der Waals surface area contributed by atoms with Crippen molar-refractivity contribution in [2.24, 2.45) is 0 Å². The van der Waals surface area contributed by atoms with Gasteiger partial charge in [0, 0.05) is 0 Å². The number of halogens is 1. The summed E-state index contributed by atoms with van der Waals surface area (Å²) in [5, 5.41) is 13.5. The van der Waals surface area contributed by atoms with E-state index in [0.29, 0.717) is 28.7 Å². The van der Waals surface area contributed by atoms with Gasteiger partial charge >= 0.3 is 0 Å². The molecule has 1 atom stereocenters. The Morgan fingerprint density at radius 1 is 1.23 bits per heavy atom. The molecular formula is C19H18BrN5O. The molecule has 0 aliphatic rings. The van der Waals surface area contributed by atoms with Crippen LogP contribution in [-0.4, -0.2) is 22.1 Å². The first-order chi connectivity index (χ1) is 12.4. The Kier molecular flexibility index (Phi) is 5.05. The van der Waals surface area contributed by atoms with E-state index in [9.17, 15) is 5.26 Å². The van der Waals surface area contributed by atoms with E-state index in [0.717, 1.165) is 21.0 Å². The van der Waals surface area contributed by atoms with Crippen molar-refractivity contribution in [2.75, 3.05) is 12.4 Å². The number of hydrogen-bond donors (Lipinski definition) is 1. The van der Waals surface area contributed by atoms with Crippen molar-refractivity contribution < 1.29 is 4.74 Å². The van der Waals surface area contributed by atoms with E-state index < -0.39 is 0 Å². The van der Waals surface area contributed by atoms with E-state index in [1.807, 2.05) is 45.0 Å². The van der Waals surface area contributed by atoms with Gasteiger partial charge in [0.25, 0.3) is 0 Å². The zero-order valence-corrected chi connectivity index (χ0v) is 16.5. The van der Waals surface area contributed by atoms with Gasteiger partial charge in [0.1, 0.15) is 11.6 Å². The zero-order chi connectivity index (χ0) is 18.8. The molecule has 0 aliphatic heterocycles. The van der Waals surface area contributed by atoms with Crippen LogP contribution in [0.25, 0.3) is 11.0 Å². The fourth-order valence-corrected chi connectivity index (χ4v) is 3.38. The second-order valence-corrected chi connectivity index (χ2v) is 6.82. The molecule has 1 unspecified atom stereocenters. The first kappa shape index (κ1) is 18.1. The highest BCUT2D eigenvalue weighted by Crippen LogP contribution is 2.31. The van der Waals surface area contributed by atoms with Crippen molar-refractivity contribution in [3.63, 3.8) is 0 Å². The summed E-state index contributed by atoms with van der Waals surface area (Å²) in [6.45, 7) is 5.82. The molecule has 0 saturated carbocycles. The second kappa shape index (κ2) is 7.26. The number of ether oxygens (including phenoxy) is 1. The van der Waals surface area contributed by atoms with Crippen LogP contribution in [-0.2, 0) is 0 Å². The third kappa shape index (κ3) is 3.33. The quantitative estimate of drug-likeness (QED) is 0.681.